The first kappa shape index (κ1) is 10.8. The van der Waals surface area contributed by atoms with E-state index in [0.29, 0.717) is 0 Å². The Bertz CT molecular complexity index is 182. The lowest BCUT2D eigenvalue weighted by molar-refractivity contribution is 0.214. The van der Waals surface area contributed by atoms with Gasteiger partial charge in [0.25, 0.3) is 0 Å². The SMILES string of the molecule is CCN(CC1CC1)C1CNCC1SC. The number of thioether (sulfide) groups is 1. The normalized spacial score (nSPS) is 32.8. The molecule has 1 N–H and O–H groups in total. The standard InChI is InChI=1S/C11H22N2S/c1-3-13(8-9-4-5-9)10-6-12-7-11(10)14-2/h9-12H,3-8H2,1-2H3. The van der Waals surface area contributed by atoms with Crippen LogP contribution in [-0.4, -0.2) is 48.6 Å². The van der Waals surface area contributed by atoms with E-state index in [2.05, 4.69) is 23.4 Å². The Balaban J connectivity index is 1.87. The van der Waals surface area contributed by atoms with Gasteiger partial charge in [-0.1, -0.05) is 6.92 Å². The Kier molecular flexibility index (Phi) is 3.74. The monoisotopic (exact) mass is 214 g/mol. The van der Waals surface area contributed by atoms with Gasteiger partial charge in [0.1, 0.15) is 0 Å². The van der Waals surface area contributed by atoms with E-state index >= 15 is 0 Å². The van der Waals surface area contributed by atoms with Crippen molar-refractivity contribution in [3.63, 3.8) is 0 Å². The van der Waals surface area contributed by atoms with Crippen LogP contribution >= 0.6 is 11.8 Å². The molecule has 0 bridgehead atoms. The number of hydrogen-bond donors (Lipinski definition) is 1. The van der Waals surface area contributed by atoms with Crippen LogP contribution in [0.5, 0.6) is 0 Å². The van der Waals surface area contributed by atoms with Crippen LogP contribution in [0.2, 0.25) is 0 Å². The largest absolute Gasteiger partial charge is 0.314 e. The van der Waals surface area contributed by atoms with Crippen molar-refractivity contribution < 1.29 is 0 Å². The second-order valence-corrected chi connectivity index (χ2v) is 5.61. The maximum absolute atomic E-state index is 3.52. The fraction of sp³-hybridized carbons (Fsp3) is 1.00. The molecule has 0 aromatic heterocycles. The molecule has 2 unspecified atom stereocenters. The van der Waals surface area contributed by atoms with Crippen molar-refractivity contribution in [3.8, 4) is 0 Å². The van der Waals surface area contributed by atoms with Crippen LogP contribution in [0, 0.1) is 5.92 Å². The van der Waals surface area contributed by atoms with Crippen LogP contribution in [-0.2, 0) is 0 Å². The fourth-order valence-electron chi connectivity index (χ4n) is 2.38. The van der Waals surface area contributed by atoms with E-state index in [1.165, 1.54) is 39.0 Å². The van der Waals surface area contributed by atoms with Crippen molar-refractivity contribution in [2.24, 2.45) is 5.92 Å². The number of likely N-dealkylation sites (N-methyl/N-ethyl adjacent to an activating group) is 1. The summed E-state index contributed by atoms with van der Waals surface area (Å²) in [6.07, 6.45) is 5.19. The highest BCUT2D eigenvalue weighted by Crippen LogP contribution is 2.31. The second kappa shape index (κ2) is 4.86. The van der Waals surface area contributed by atoms with Gasteiger partial charge in [-0.3, -0.25) is 4.90 Å². The zero-order valence-electron chi connectivity index (χ0n) is 9.33. The van der Waals surface area contributed by atoms with E-state index in [1.807, 2.05) is 11.8 Å². The predicted molar refractivity (Wildman–Crippen MR) is 63.9 cm³/mol. The quantitative estimate of drug-likeness (QED) is 0.745. The van der Waals surface area contributed by atoms with Crippen molar-refractivity contribution in [2.45, 2.75) is 31.1 Å². The number of hydrogen-bond acceptors (Lipinski definition) is 3. The topological polar surface area (TPSA) is 15.3 Å². The van der Waals surface area contributed by atoms with E-state index in [-0.39, 0.29) is 0 Å². The molecule has 2 aliphatic rings. The third-order valence-corrected chi connectivity index (χ3v) is 4.58. The molecule has 0 aromatic rings. The van der Waals surface area contributed by atoms with Crippen LogP contribution in [0.4, 0.5) is 0 Å². The molecule has 0 aromatic carbocycles. The highest BCUT2D eigenvalue weighted by atomic mass is 32.2. The molecular weight excluding hydrogens is 192 g/mol. The first-order valence-corrected chi connectivity index (χ1v) is 7.11. The van der Waals surface area contributed by atoms with Gasteiger partial charge in [0.05, 0.1) is 0 Å². The van der Waals surface area contributed by atoms with Gasteiger partial charge in [0, 0.05) is 30.9 Å². The molecule has 0 radical (unpaired) electrons. The molecule has 0 amide bonds. The van der Waals surface area contributed by atoms with Gasteiger partial charge in [-0.25, -0.2) is 0 Å². The Morgan fingerprint density at radius 1 is 1.36 bits per heavy atom. The highest BCUT2D eigenvalue weighted by Gasteiger charge is 2.33. The average molecular weight is 214 g/mol. The summed E-state index contributed by atoms with van der Waals surface area (Å²) in [4.78, 5) is 2.69. The molecule has 2 fully saturated rings. The highest BCUT2D eigenvalue weighted by molar-refractivity contribution is 7.99. The van der Waals surface area contributed by atoms with Gasteiger partial charge in [-0.05, 0) is 31.6 Å². The van der Waals surface area contributed by atoms with Gasteiger partial charge in [0.2, 0.25) is 0 Å². The Morgan fingerprint density at radius 3 is 2.71 bits per heavy atom. The Labute approximate surface area is 91.8 Å². The van der Waals surface area contributed by atoms with Crippen molar-refractivity contribution in [2.75, 3.05) is 32.4 Å². The molecule has 14 heavy (non-hydrogen) atoms. The summed E-state index contributed by atoms with van der Waals surface area (Å²) in [5, 5.41) is 4.33. The summed E-state index contributed by atoms with van der Waals surface area (Å²) < 4.78 is 0. The number of nitrogens with one attached hydrogen (secondary N) is 1. The van der Waals surface area contributed by atoms with Gasteiger partial charge in [0.15, 0.2) is 0 Å². The first-order chi connectivity index (χ1) is 6.85. The third-order valence-electron chi connectivity index (χ3n) is 3.50. The molecule has 1 saturated carbocycles. The van der Waals surface area contributed by atoms with Crippen LogP contribution in [0.15, 0.2) is 0 Å². The summed E-state index contributed by atoms with van der Waals surface area (Å²) in [6, 6.07) is 0.788. The van der Waals surface area contributed by atoms with E-state index in [9.17, 15) is 0 Å². The maximum atomic E-state index is 3.52. The molecule has 2 nitrogen and oxygen atoms in total. The van der Waals surface area contributed by atoms with Gasteiger partial charge in [-0.15, -0.1) is 0 Å². The summed E-state index contributed by atoms with van der Waals surface area (Å²) in [5.41, 5.74) is 0. The molecule has 3 heteroatoms. The molecular formula is C11H22N2S. The van der Waals surface area contributed by atoms with Crippen LogP contribution < -0.4 is 5.32 Å². The average Bonchev–Trinajstić information content (AvgIpc) is 2.90. The van der Waals surface area contributed by atoms with Crippen LogP contribution in [0.1, 0.15) is 19.8 Å². The van der Waals surface area contributed by atoms with Crippen LogP contribution in [0.25, 0.3) is 0 Å². The zero-order valence-corrected chi connectivity index (χ0v) is 10.1. The van der Waals surface area contributed by atoms with Crippen LogP contribution in [0.3, 0.4) is 0 Å². The molecule has 2 rings (SSSR count). The Hall–Kier alpha value is 0.270. The van der Waals surface area contributed by atoms with Gasteiger partial charge < -0.3 is 5.32 Å². The summed E-state index contributed by atoms with van der Waals surface area (Å²) in [5.74, 6) is 1.03. The zero-order chi connectivity index (χ0) is 9.97. The lowest BCUT2D eigenvalue weighted by Gasteiger charge is -2.30. The van der Waals surface area contributed by atoms with E-state index in [4.69, 9.17) is 0 Å². The minimum atomic E-state index is 0.788. The minimum absolute atomic E-state index is 0.788. The maximum Gasteiger partial charge on any atom is 0.0351 e. The van der Waals surface area contributed by atoms with Gasteiger partial charge >= 0.3 is 0 Å². The lowest BCUT2D eigenvalue weighted by atomic mass is 10.2. The molecule has 1 saturated heterocycles. The summed E-state index contributed by atoms with van der Waals surface area (Å²) in [7, 11) is 0. The first-order valence-electron chi connectivity index (χ1n) is 5.82. The molecule has 82 valence electrons. The van der Waals surface area contributed by atoms with Crippen molar-refractivity contribution >= 4 is 11.8 Å². The second-order valence-electron chi connectivity index (χ2n) is 4.53. The number of nitrogens with zero attached hydrogens (tertiary/aromatic N) is 1. The Morgan fingerprint density at radius 2 is 2.14 bits per heavy atom. The summed E-state index contributed by atoms with van der Waals surface area (Å²) in [6.45, 7) is 7.27. The third kappa shape index (κ3) is 2.44. The summed E-state index contributed by atoms with van der Waals surface area (Å²) >= 11 is 2.03. The number of rotatable bonds is 5. The van der Waals surface area contributed by atoms with E-state index in [1.54, 1.807) is 0 Å². The van der Waals surface area contributed by atoms with Crippen molar-refractivity contribution in [1.29, 1.82) is 0 Å². The van der Waals surface area contributed by atoms with E-state index < -0.39 is 0 Å². The predicted octanol–water partition coefficient (Wildman–Crippen LogP) is 1.42. The lowest BCUT2D eigenvalue weighted by Crippen LogP contribution is -2.43. The van der Waals surface area contributed by atoms with Crippen molar-refractivity contribution in [1.82, 2.24) is 10.2 Å². The molecule has 2 atom stereocenters. The van der Waals surface area contributed by atoms with E-state index in [0.717, 1.165) is 17.2 Å². The molecule has 0 spiro atoms. The smallest absolute Gasteiger partial charge is 0.0351 e. The fourth-order valence-corrected chi connectivity index (χ4v) is 3.24. The minimum Gasteiger partial charge on any atom is -0.314 e. The molecule has 1 heterocycles. The molecule has 1 aliphatic carbocycles. The van der Waals surface area contributed by atoms with Gasteiger partial charge in [-0.2, -0.15) is 11.8 Å². The molecule has 1 aliphatic heterocycles. The van der Waals surface area contributed by atoms with Crippen molar-refractivity contribution in [3.05, 3.63) is 0 Å².